The number of hydrogen-bond donors (Lipinski definition) is 3. The predicted molar refractivity (Wildman–Crippen MR) is 70.1 cm³/mol. The van der Waals surface area contributed by atoms with E-state index in [0.29, 0.717) is 24.8 Å². The van der Waals surface area contributed by atoms with Crippen LogP contribution < -0.4 is 16.4 Å². The number of aromatic nitrogens is 2. The average Bonchev–Trinajstić information content (AvgIpc) is 3.07. The van der Waals surface area contributed by atoms with Crippen LogP contribution in [0.1, 0.15) is 31.4 Å². The van der Waals surface area contributed by atoms with Gasteiger partial charge in [0, 0.05) is 30.8 Å². The van der Waals surface area contributed by atoms with Crippen molar-refractivity contribution in [1.82, 2.24) is 15.3 Å². The summed E-state index contributed by atoms with van der Waals surface area (Å²) in [7, 11) is 0. The third-order valence-electron chi connectivity index (χ3n) is 2.70. The average molecular weight is 249 g/mol. The van der Waals surface area contributed by atoms with Gasteiger partial charge in [-0.25, -0.2) is 4.98 Å². The van der Waals surface area contributed by atoms with Crippen LogP contribution in [0.4, 0.5) is 11.8 Å². The molecule has 0 spiro atoms. The second-order valence-corrected chi connectivity index (χ2v) is 4.62. The zero-order valence-corrected chi connectivity index (χ0v) is 10.6. The summed E-state index contributed by atoms with van der Waals surface area (Å²) >= 11 is 0. The van der Waals surface area contributed by atoms with Crippen molar-refractivity contribution in [2.45, 2.75) is 38.6 Å². The second-order valence-electron chi connectivity index (χ2n) is 4.62. The highest BCUT2D eigenvalue weighted by Gasteiger charge is 2.22. The summed E-state index contributed by atoms with van der Waals surface area (Å²) in [5.74, 6) is 1.12. The minimum atomic E-state index is 0.137. The third kappa shape index (κ3) is 4.20. The zero-order chi connectivity index (χ0) is 13.0. The van der Waals surface area contributed by atoms with E-state index in [0.717, 1.165) is 25.0 Å². The van der Waals surface area contributed by atoms with Gasteiger partial charge in [0.2, 0.25) is 11.9 Å². The fourth-order valence-electron chi connectivity index (χ4n) is 1.67. The molecule has 2 rings (SSSR count). The molecule has 1 aliphatic carbocycles. The van der Waals surface area contributed by atoms with E-state index in [-0.39, 0.29) is 11.9 Å². The van der Waals surface area contributed by atoms with E-state index in [9.17, 15) is 4.79 Å². The van der Waals surface area contributed by atoms with E-state index in [4.69, 9.17) is 5.73 Å². The molecule has 1 aromatic heterocycles. The normalized spacial score (nSPS) is 14.3. The van der Waals surface area contributed by atoms with Crippen molar-refractivity contribution >= 4 is 17.7 Å². The molecule has 1 aliphatic rings. The van der Waals surface area contributed by atoms with Gasteiger partial charge in [0.25, 0.3) is 0 Å². The highest BCUT2D eigenvalue weighted by molar-refractivity contribution is 5.76. The molecule has 0 radical (unpaired) electrons. The molecule has 0 saturated heterocycles. The fourth-order valence-corrected chi connectivity index (χ4v) is 1.67. The van der Waals surface area contributed by atoms with Crippen molar-refractivity contribution in [2.75, 3.05) is 17.6 Å². The Balaban J connectivity index is 1.66. The van der Waals surface area contributed by atoms with E-state index in [2.05, 4.69) is 20.6 Å². The maximum Gasteiger partial charge on any atom is 0.222 e. The van der Waals surface area contributed by atoms with Crippen LogP contribution in [0.25, 0.3) is 0 Å². The molecular formula is C12H19N5O. The molecule has 1 saturated carbocycles. The van der Waals surface area contributed by atoms with Gasteiger partial charge in [-0.2, -0.15) is 4.98 Å². The van der Waals surface area contributed by atoms with Gasteiger partial charge in [-0.15, -0.1) is 0 Å². The summed E-state index contributed by atoms with van der Waals surface area (Å²) in [4.78, 5) is 19.5. The highest BCUT2D eigenvalue weighted by atomic mass is 16.1. The first-order chi connectivity index (χ1) is 8.63. The van der Waals surface area contributed by atoms with Crippen molar-refractivity contribution in [3.05, 3.63) is 11.8 Å². The minimum Gasteiger partial charge on any atom is -0.370 e. The molecule has 1 amide bonds. The van der Waals surface area contributed by atoms with E-state index in [1.807, 2.05) is 13.0 Å². The van der Waals surface area contributed by atoms with Gasteiger partial charge < -0.3 is 16.4 Å². The van der Waals surface area contributed by atoms with E-state index in [1.54, 1.807) is 0 Å². The van der Waals surface area contributed by atoms with Gasteiger partial charge in [-0.3, -0.25) is 4.79 Å². The van der Waals surface area contributed by atoms with Gasteiger partial charge in [-0.1, -0.05) is 0 Å². The standard InChI is InChI=1S/C12H19N5O/c1-8-7-10(17-12(13)15-8)14-6-2-3-11(18)16-9-4-5-9/h7,9H,2-6H2,1H3,(H,16,18)(H3,13,14,15,17). The molecule has 1 heterocycles. The van der Waals surface area contributed by atoms with Gasteiger partial charge in [0.1, 0.15) is 5.82 Å². The molecular weight excluding hydrogens is 230 g/mol. The lowest BCUT2D eigenvalue weighted by Crippen LogP contribution is -2.25. The number of nitrogens with zero attached hydrogens (tertiary/aromatic N) is 2. The first-order valence-corrected chi connectivity index (χ1v) is 6.28. The smallest absolute Gasteiger partial charge is 0.222 e. The van der Waals surface area contributed by atoms with Crippen molar-refractivity contribution in [3.8, 4) is 0 Å². The molecule has 4 N–H and O–H groups in total. The van der Waals surface area contributed by atoms with E-state index < -0.39 is 0 Å². The minimum absolute atomic E-state index is 0.137. The Morgan fingerprint density at radius 1 is 1.50 bits per heavy atom. The number of nitrogens with two attached hydrogens (primary N) is 1. The molecule has 1 aromatic rings. The van der Waals surface area contributed by atoms with E-state index in [1.165, 1.54) is 0 Å². The van der Waals surface area contributed by atoms with Crippen LogP contribution in [0, 0.1) is 6.92 Å². The molecule has 0 atom stereocenters. The molecule has 18 heavy (non-hydrogen) atoms. The van der Waals surface area contributed by atoms with Crippen LogP contribution in [0.2, 0.25) is 0 Å². The SMILES string of the molecule is Cc1cc(NCCCC(=O)NC2CC2)nc(N)n1. The quantitative estimate of drug-likeness (QED) is 0.650. The number of carbonyl (C=O) groups excluding carboxylic acids is 1. The lowest BCUT2D eigenvalue weighted by Gasteiger charge is -2.07. The Labute approximate surface area is 106 Å². The van der Waals surface area contributed by atoms with Crippen molar-refractivity contribution in [2.24, 2.45) is 0 Å². The maximum absolute atomic E-state index is 11.4. The van der Waals surface area contributed by atoms with Crippen molar-refractivity contribution < 1.29 is 4.79 Å². The van der Waals surface area contributed by atoms with Gasteiger partial charge in [0.05, 0.1) is 0 Å². The highest BCUT2D eigenvalue weighted by Crippen LogP contribution is 2.18. The summed E-state index contributed by atoms with van der Waals surface area (Å²) in [6.45, 7) is 2.57. The number of anilines is 2. The molecule has 98 valence electrons. The number of carbonyl (C=O) groups is 1. The Kier molecular flexibility index (Phi) is 3.96. The molecule has 6 heteroatoms. The summed E-state index contributed by atoms with van der Waals surface area (Å²) < 4.78 is 0. The third-order valence-corrected chi connectivity index (χ3v) is 2.70. The Bertz CT molecular complexity index is 410. The number of hydrogen-bond acceptors (Lipinski definition) is 5. The summed E-state index contributed by atoms with van der Waals surface area (Å²) in [6, 6.07) is 2.27. The fraction of sp³-hybridized carbons (Fsp3) is 0.583. The summed E-state index contributed by atoms with van der Waals surface area (Å²) in [6.07, 6.45) is 3.58. The number of nitrogen functional groups attached to an aromatic ring is 1. The number of nitrogens with one attached hydrogen (secondary N) is 2. The van der Waals surface area contributed by atoms with Gasteiger partial charge in [-0.05, 0) is 26.2 Å². The molecule has 0 aromatic carbocycles. The molecule has 0 unspecified atom stereocenters. The van der Waals surface area contributed by atoms with Crippen LogP contribution >= 0.6 is 0 Å². The number of rotatable bonds is 6. The van der Waals surface area contributed by atoms with Gasteiger partial charge in [0.15, 0.2) is 0 Å². The lowest BCUT2D eigenvalue weighted by molar-refractivity contribution is -0.121. The first kappa shape index (κ1) is 12.6. The van der Waals surface area contributed by atoms with Crippen molar-refractivity contribution in [3.63, 3.8) is 0 Å². The van der Waals surface area contributed by atoms with E-state index >= 15 is 0 Å². The first-order valence-electron chi connectivity index (χ1n) is 6.28. The van der Waals surface area contributed by atoms with Crippen LogP contribution in [-0.4, -0.2) is 28.5 Å². The molecule has 0 aliphatic heterocycles. The Hall–Kier alpha value is -1.85. The number of aryl methyl sites for hydroxylation is 1. The number of amides is 1. The molecule has 6 nitrogen and oxygen atoms in total. The largest absolute Gasteiger partial charge is 0.370 e. The second kappa shape index (κ2) is 5.66. The maximum atomic E-state index is 11.4. The molecule has 0 bridgehead atoms. The lowest BCUT2D eigenvalue weighted by atomic mass is 10.3. The van der Waals surface area contributed by atoms with Crippen LogP contribution in [0.15, 0.2) is 6.07 Å². The summed E-state index contributed by atoms with van der Waals surface area (Å²) in [5.41, 5.74) is 6.38. The van der Waals surface area contributed by atoms with Crippen LogP contribution in [-0.2, 0) is 4.79 Å². The topological polar surface area (TPSA) is 92.9 Å². The zero-order valence-electron chi connectivity index (χ0n) is 10.6. The van der Waals surface area contributed by atoms with Crippen LogP contribution in [0.5, 0.6) is 0 Å². The van der Waals surface area contributed by atoms with Crippen LogP contribution in [0.3, 0.4) is 0 Å². The monoisotopic (exact) mass is 249 g/mol. The Morgan fingerprint density at radius 2 is 2.28 bits per heavy atom. The Morgan fingerprint density at radius 3 is 2.94 bits per heavy atom. The van der Waals surface area contributed by atoms with Gasteiger partial charge >= 0.3 is 0 Å². The predicted octanol–water partition coefficient (Wildman–Crippen LogP) is 0.838. The molecule has 1 fully saturated rings. The van der Waals surface area contributed by atoms with Crippen molar-refractivity contribution in [1.29, 1.82) is 0 Å². The summed E-state index contributed by atoms with van der Waals surface area (Å²) in [5, 5.41) is 6.10.